The molecule has 98 valence electrons. The molecule has 1 aromatic carbocycles. The van der Waals surface area contributed by atoms with Crippen LogP contribution in [0, 0.1) is 11.3 Å². The second kappa shape index (κ2) is 5.13. The third-order valence-electron chi connectivity index (χ3n) is 3.76. The highest BCUT2D eigenvalue weighted by atomic mass is 16.1. The van der Waals surface area contributed by atoms with E-state index in [2.05, 4.69) is 26.1 Å². The van der Waals surface area contributed by atoms with E-state index in [0.717, 1.165) is 18.4 Å². The summed E-state index contributed by atoms with van der Waals surface area (Å²) >= 11 is 0. The smallest absolute Gasteiger partial charge is 0.251 e. The average molecular weight is 245 g/mol. The van der Waals surface area contributed by atoms with Gasteiger partial charge in [0.1, 0.15) is 0 Å². The van der Waals surface area contributed by atoms with Crippen molar-refractivity contribution in [3.05, 3.63) is 35.9 Å². The van der Waals surface area contributed by atoms with Crippen LogP contribution in [0.3, 0.4) is 0 Å². The first-order valence-electron chi connectivity index (χ1n) is 6.82. The van der Waals surface area contributed by atoms with Gasteiger partial charge < -0.3 is 5.32 Å². The molecule has 2 nitrogen and oxygen atoms in total. The minimum Gasteiger partial charge on any atom is -0.349 e. The normalized spacial score (nSPS) is 26.6. The number of carbonyl (C=O) groups is 1. The lowest BCUT2D eigenvalue weighted by atomic mass is 9.70. The minimum atomic E-state index is 0.0606. The predicted molar refractivity (Wildman–Crippen MR) is 74.5 cm³/mol. The molecule has 1 aliphatic carbocycles. The van der Waals surface area contributed by atoms with Gasteiger partial charge in [0.05, 0.1) is 0 Å². The average Bonchev–Trinajstić information content (AvgIpc) is 2.27. The van der Waals surface area contributed by atoms with Gasteiger partial charge in [-0.3, -0.25) is 4.79 Å². The molecule has 0 saturated heterocycles. The van der Waals surface area contributed by atoms with Crippen molar-refractivity contribution in [2.75, 3.05) is 0 Å². The van der Waals surface area contributed by atoms with Crippen molar-refractivity contribution < 1.29 is 4.79 Å². The Morgan fingerprint density at radius 1 is 1.22 bits per heavy atom. The summed E-state index contributed by atoms with van der Waals surface area (Å²) in [5.74, 6) is 0.750. The van der Waals surface area contributed by atoms with Crippen molar-refractivity contribution in [3.8, 4) is 0 Å². The summed E-state index contributed by atoms with van der Waals surface area (Å²) in [5.41, 5.74) is 1.10. The molecule has 0 heterocycles. The maximum Gasteiger partial charge on any atom is 0.251 e. The van der Waals surface area contributed by atoms with Crippen LogP contribution in [0.25, 0.3) is 0 Å². The molecule has 1 saturated carbocycles. The van der Waals surface area contributed by atoms with Gasteiger partial charge in [0.15, 0.2) is 0 Å². The standard InChI is InChI=1S/C16H23NO/c1-12-9-14(11-16(2,3)10-12)17-15(18)13-7-5-4-6-8-13/h4-8,12,14H,9-11H2,1-3H3,(H,17,18). The van der Waals surface area contributed by atoms with Crippen LogP contribution in [0.1, 0.15) is 50.4 Å². The number of nitrogens with one attached hydrogen (secondary N) is 1. The maximum atomic E-state index is 12.1. The summed E-state index contributed by atoms with van der Waals surface area (Å²) in [6, 6.07) is 9.80. The zero-order chi connectivity index (χ0) is 13.2. The van der Waals surface area contributed by atoms with E-state index < -0.39 is 0 Å². The predicted octanol–water partition coefficient (Wildman–Crippen LogP) is 3.63. The van der Waals surface area contributed by atoms with Gasteiger partial charge in [-0.1, -0.05) is 39.0 Å². The molecule has 1 N–H and O–H groups in total. The van der Waals surface area contributed by atoms with Crippen LogP contribution in [0.4, 0.5) is 0 Å². The fourth-order valence-electron chi connectivity index (χ4n) is 3.31. The maximum absolute atomic E-state index is 12.1. The lowest BCUT2D eigenvalue weighted by molar-refractivity contribution is 0.0874. The Morgan fingerprint density at radius 3 is 2.50 bits per heavy atom. The molecule has 1 fully saturated rings. The molecular formula is C16H23NO. The van der Waals surface area contributed by atoms with Crippen LogP contribution in [0.5, 0.6) is 0 Å². The Labute approximate surface area is 110 Å². The lowest BCUT2D eigenvalue weighted by Crippen LogP contribution is -2.42. The van der Waals surface area contributed by atoms with Gasteiger partial charge in [-0.05, 0) is 42.7 Å². The SMILES string of the molecule is CC1CC(NC(=O)c2ccccc2)CC(C)(C)C1. The number of carbonyl (C=O) groups excluding carboxylic acids is 1. The van der Waals surface area contributed by atoms with Crippen molar-refractivity contribution in [2.45, 2.75) is 46.1 Å². The summed E-state index contributed by atoms with van der Waals surface area (Å²) in [5, 5.41) is 3.18. The molecule has 0 spiro atoms. The Morgan fingerprint density at radius 2 is 1.89 bits per heavy atom. The molecule has 2 atom stereocenters. The molecule has 1 aromatic rings. The van der Waals surface area contributed by atoms with Gasteiger partial charge in [0, 0.05) is 11.6 Å². The highest BCUT2D eigenvalue weighted by Gasteiger charge is 2.32. The molecular weight excluding hydrogens is 222 g/mol. The van der Waals surface area contributed by atoms with Crippen LogP contribution in [0.2, 0.25) is 0 Å². The number of amides is 1. The van der Waals surface area contributed by atoms with E-state index in [4.69, 9.17) is 0 Å². The third-order valence-corrected chi connectivity index (χ3v) is 3.76. The van der Waals surface area contributed by atoms with Crippen molar-refractivity contribution in [3.63, 3.8) is 0 Å². The fraction of sp³-hybridized carbons (Fsp3) is 0.562. The van der Waals surface area contributed by atoms with Crippen molar-refractivity contribution in [1.82, 2.24) is 5.32 Å². The van der Waals surface area contributed by atoms with Gasteiger partial charge in [0.25, 0.3) is 5.91 Å². The van der Waals surface area contributed by atoms with E-state index in [1.54, 1.807) is 0 Å². The topological polar surface area (TPSA) is 29.1 Å². The molecule has 2 unspecified atom stereocenters. The van der Waals surface area contributed by atoms with Crippen molar-refractivity contribution in [1.29, 1.82) is 0 Å². The largest absolute Gasteiger partial charge is 0.349 e. The van der Waals surface area contributed by atoms with Crippen molar-refractivity contribution >= 4 is 5.91 Å². The van der Waals surface area contributed by atoms with Gasteiger partial charge in [-0.15, -0.1) is 0 Å². The number of rotatable bonds is 2. The molecule has 18 heavy (non-hydrogen) atoms. The molecule has 1 aliphatic rings. The highest BCUT2D eigenvalue weighted by molar-refractivity contribution is 5.94. The van der Waals surface area contributed by atoms with Gasteiger partial charge >= 0.3 is 0 Å². The first kappa shape index (κ1) is 13.1. The third kappa shape index (κ3) is 3.34. The quantitative estimate of drug-likeness (QED) is 0.847. The number of hydrogen-bond acceptors (Lipinski definition) is 1. The summed E-state index contributed by atoms with van der Waals surface area (Å²) in [4.78, 5) is 12.1. The minimum absolute atomic E-state index is 0.0606. The molecule has 1 amide bonds. The molecule has 0 aliphatic heterocycles. The van der Waals surface area contributed by atoms with E-state index >= 15 is 0 Å². The van der Waals surface area contributed by atoms with Gasteiger partial charge in [-0.25, -0.2) is 0 Å². The Balaban J connectivity index is 1.99. The Bertz CT molecular complexity index is 410. The summed E-state index contributed by atoms with van der Waals surface area (Å²) < 4.78 is 0. The van der Waals surface area contributed by atoms with Crippen molar-refractivity contribution in [2.24, 2.45) is 11.3 Å². The zero-order valence-electron chi connectivity index (χ0n) is 11.6. The molecule has 0 radical (unpaired) electrons. The number of benzene rings is 1. The van der Waals surface area contributed by atoms with Crippen LogP contribution in [-0.4, -0.2) is 11.9 Å². The molecule has 0 bridgehead atoms. The molecule has 0 aromatic heterocycles. The van der Waals surface area contributed by atoms with E-state index in [0.29, 0.717) is 17.4 Å². The lowest BCUT2D eigenvalue weighted by Gasteiger charge is -2.39. The zero-order valence-corrected chi connectivity index (χ0v) is 11.6. The Hall–Kier alpha value is -1.31. The molecule has 2 rings (SSSR count). The fourth-order valence-corrected chi connectivity index (χ4v) is 3.31. The molecule has 2 heteroatoms. The first-order chi connectivity index (χ1) is 8.46. The summed E-state index contributed by atoms with van der Waals surface area (Å²) in [6.45, 7) is 6.87. The van der Waals surface area contributed by atoms with E-state index in [1.807, 2.05) is 30.3 Å². The second-order valence-corrected chi connectivity index (χ2v) is 6.45. The van der Waals surface area contributed by atoms with Crippen LogP contribution in [-0.2, 0) is 0 Å². The van der Waals surface area contributed by atoms with Crippen LogP contribution >= 0.6 is 0 Å². The van der Waals surface area contributed by atoms with E-state index in [1.165, 1.54) is 6.42 Å². The highest BCUT2D eigenvalue weighted by Crippen LogP contribution is 2.38. The van der Waals surface area contributed by atoms with E-state index in [9.17, 15) is 4.79 Å². The summed E-state index contributed by atoms with van der Waals surface area (Å²) in [6.07, 6.45) is 3.43. The second-order valence-electron chi connectivity index (χ2n) is 6.45. The van der Waals surface area contributed by atoms with Crippen LogP contribution < -0.4 is 5.32 Å². The summed E-state index contributed by atoms with van der Waals surface area (Å²) in [7, 11) is 0. The number of hydrogen-bond donors (Lipinski definition) is 1. The first-order valence-corrected chi connectivity index (χ1v) is 6.82. The van der Waals surface area contributed by atoms with Gasteiger partial charge in [0.2, 0.25) is 0 Å². The Kier molecular flexibility index (Phi) is 3.74. The van der Waals surface area contributed by atoms with Gasteiger partial charge in [-0.2, -0.15) is 0 Å². The van der Waals surface area contributed by atoms with Crippen LogP contribution in [0.15, 0.2) is 30.3 Å². The van der Waals surface area contributed by atoms with E-state index in [-0.39, 0.29) is 5.91 Å². The monoisotopic (exact) mass is 245 g/mol.